The largest absolute Gasteiger partial charge is 0.497 e. The summed E-state index contributed by atoms with van der Waals surface area (Å²) in [5.74, 6) is 1.51. The zero-order valence-corrected chi connectivity index (χ0v) is 35.3. The number of hydrogen-bond donors (Lipinski definition) is 1. The van der Waals surface area contributed by atoms with Crippen LogP contribution in [0.15, 0.2) is 122 Å². The number of fused-ring (bicyclic) bond motifs is 1. The Kier molecular flexibility index (Phi) is 14.7. The molecule has 0 saturated carbocycles. The number of phosphoric ester groups is 1. The van der Waals surface area contributed by atoms with E-state index in [9.17, 15) is 19.9 Å². The molecule has 17 nitrogen and oxygen atoms in total. The van der Waals surface area contributed by atoms with Crippen molar-refractivity contribution >= 4 is 30.7 Å². The van der Waals surface area contributed by atoms with Gasteiger partial charge in [-0.25, -0.2) is 19.5 Å². The van der Waals surface area contributed by atoms with Crippen LogP contribution in [-0.4, -0.2) is 78.3 Å². The molecule has 3 atom stereocenters. The number of phosphoric acid groups is 1. The molecule has 1 N–H and O–H groups in total. The van der Waals surface area contributed by atoms with Crippen molar-refractivity contribution < 1.29 is 46.6 Å². The Morgan fingerprint density at radius 1 is 0.810 bits per heavy atom. The van der Waals surface area contributed by atoms with Crippen molar-refractivity contribution in [3.05, 3.63) is 139 Å². The lowest BCUT2D eigenvalue weighted by atomic mass is 9.80. The number of para-hydroxylation sites is 1. The van der Waals surface area contributed by atoms with Crippen molar-refractivity contribution in [1.82, 2.24) is 19.5 Å². The van der Waals surface area contributed by atoms with Crippen LogP contribution in [0.3, 0.4) is 0 Å². The van der Waals surface area contributed by atoms with Gasteiger partial charge in [-0.05, 0) is 53.1 Å². The van der Waals surface area contributed by atoms with Gasteiger partial charge in [-0.3, -0.25) is 22.9 Å². The van der Waals surface area contributed by atoms with Gasteiger partial charge in [0.2, 0.25) is 0 Å². The van der Waals surface area contributed by atoms with Crippen molar-refractivity contribution in [3.8, 4) is 29.4 Å². The van der Waals surface area contributed by atoms with E-state index < -0.39 is 37.8 Å². The fraction of sp³-hybridized carbons (Fsp3) is 0.289. The molecule has 1 saturated heterocycles. The summed E-state index contributed by atoms with van der Waals surface area (Å²) in [4.78, 5) is 26.2. The number of ether oxygens (including phenoxy) is 5. The molecular weight excluding hydrogens is 830 g/mol. The molecule has 0 bridgehead atoms. The van der Waals surface area contributed by atoms with E-state index in [0.29, 0.717) is 22.9 Å². The van der Waals surface area contributed by atoms with Gasteiger partial charge in [-0.2, -0.15) is 10.5 Å². The zero-order chi connectivity index (χ0) is 44.1. The average Bonchev–Trinajstić information content (AvgIpc) is 3.94. The minimum atomic E-state index is -4.40. The number of anilines is 1. The van der Waals surface area contributed by atoms with Crippen LogP contribution in [0.1, 0.15) is 42.2 Å². The van der Waals surface area contributed by atoms with Gasteiger partial charge >= 0.3 is 7.82 Å². The molecule has 0 spiro atoms. The number of methoxy groups -OCH3 is 2. The number of nitrogens with one attached hydrogen (secondary N) is 1. The third-order valence-electron chi connectivity index (χ3n) is 10.0. The van der Waals surface area contributed by atoms with Gasteiger partial charge in [-0.15, -0.1) is 0 Å². The van der Waals surface area contributed by atoms with E-state index in [-0.39, 0.29) is 57.0 Å². The fourth-order valence-corrected chi connectivity index (χ4v) is 8.45. The summed E-state index contributed by atoms with van der Waals surface area (Å²) in [7, 11) is -1.22. The van der Waals surface area contributed by atoms with Crippen molar-refractivity contribution in [2.45, 2.75) is 43.3 Å². The molecule has 18 heteroatoms. The minimum Gasteiger partial charge on any atom is -0.497 e. The van der Waals surface area contributed by atoms with E-state index in [1.165, 1.54) is 12.7 Å². The zero-order valence-electron chi connectivity index (χ0n) is 34.4. The smallest absolute Gasteiger partial charge is 0.475 e. The Bertz CT molecular complexity index is 2500. The normalized spacial score (nSPS) is 16.2. The van der Waals surface area contributed by atoms with E-state index in [2.05, 4.69) is 20.3 Å². The van der Waals surface area contributed by atoms with Crippen LogP contribution < -0.4 is 19.5 Å². The maximum Gasteiger partial charge on any atom is 0.475 e. The maximum absolute atomic E-state index is 14.3. The number of aromatic nitrogens is 4. The van der Waals surface area contributed by atoms with E-state index >= 15 is 0 Å². The third kappa shape index (κ3) is 10.5. The molecule has 2 aromatic heterocycles. The fourth-order valence-electron chi connectivity index (χ4n) is 7.07. The van der Waals surface area contributed by atoms with Crippen LogP contribution in [0.2, 0.25) is 0 Å². The molecule has 1 fully saturated rings. The maximum atomic E-state index is 14.3. The van der Waals surface area contributed by atoms with E-state index in [1.54, 1.807) is 43.1 Å². The van der Waals surface area contributed by atoms with Crippen molar-refractivity contribution in [3.63, 3.8) is 0 Å². The van der Waals surface area contributed by atoms with Gasteiger partial charge in [0.15, 0.2) is 23.6 Å². The first-order valence-electron chi connectivity index (χ1n) is 19.9. The Balaban J connectivity index is 1.24. The second kappa shape index (κ2) is 20.9. The van der Waals surface area contributed by atoms with Crippen molar-refractivity contribution in [2.75, 3.05) is 46.0 Å². The van der Waals surface area contributed by atoms with Gasteiger partial charge in [0.25, 0.3) is 5.91 Å². The molecule has 3 heterocycles. The molecular formula is C45H44N7O10P. The Morgan fingerprint density at radius 3 is 1.98 bits per heavy atom. The lowest BCUT2D eigenvalue weighted by molar-refractivity contribution is -0.118. The highest BCUT2D eigenvalue weighted by molar-refractivity contribution is 7.48. The molecule has 0 radical (unpaired) electrons. The lowest BCUT2D eigenvalue weighted by Gasteiger charge is -2.37. The second-order valence-corrected chi connectivity index (χ2v) is 15.6. The van der Waals surface area contributed by atoms with Crippen LogP contribution >= 0.6 is 7.82 Å². The molecule has 1 unspecified atom stereocenters. The summed E-state index contributed by atoms with van der Waals surface area (Å²) in [5, 5.41) is 21.2. The van der Waals surface area contributed by atoms with E-state index in [4.69, 9.17) is 37.3 Å². The predicted molar refractivity (Wildman–Crippen MR) is 228 cm³/mol. The highest BCUT2D eigenvalue weighted by Crippen LogP contribution is 2.54. The molecule has 4 aromatic carbocycles. The molecule has 1 aliphatic rings. The Labute approximate surface area is 363 Å². The Hall–Kier alpha value is -6.69. The minimum absolute atomic E-state index is 0.0622. The highest BCUT2D eigenvalue weighted by Gasteiger charge is 2.46. The van der Waals surface area contributed by atoms with Crippen molar-refractivity contribution in [2.24, 2.45) is 0 Å². The molecule has 324 valence electrons. The first-order chi connectivity index (χ1) is 30.8. The van der Waals surface area contributed by atoms with Gasteiger partial charge in [-0.1, -0.05) is 72.8 Å². The number of imidazole rings is 1. The molecule has 1 amide bonds. The topological polar surface area (TPSA) is 211 Å². The number of benzene rings is 4. The Morgan fingerprint density at radius 2 is 1.40 bits per heavy atom. The van der Waals surface area contributed by atoms with E-state index in [1.807, 2.05) is 97.1 Å². The SMILES string of the molecule is COc1ccc(C(OC[C@H]2O[C@@H](n3cnc4c(NC(=O)COc5ccccc5)ncnc43)CC2OP(=O)(OCCC#N)OCCC#N)(c2ccccc2)c2ccc(OC)cc2)cc1. The van der Waals surface area contributed by atoms with Crippen LogP contribution in [-0.2, 0) is 38.0 Å². The number of rotatable bonds is 21. The summed E-state index contributed by atoms with van der Waals surface area (Å²) in [6.45, 7) is -0.918. The third-order valence-corrected chi connectivity index (χ3v) is 11.6. The number of amides is 1. The van der Waals surface area contributed by atoms with E-state index in [0.717, 1.165) is 16.7 Å². The first kappa shape index (κ1) is 44.4. The number of nitriles is 2. The first-order valence-corrected chi connectivity index (χ1v) is 21.4. The summed E-state index contributed by atoms with van der Waals surface area (Å²) >= 11 is 0. The van der Waals surface area contributed by atoms with Gasteiger partial charge < -0.3 is 29.0 Å². The van der Waals surface area contributed by atoms with Crippen LogP contribution in [0.5, 0.6) is 17.2 Å². The second-order valence-electron chi connectivity index (χ2n) is 14.0. The quantitative estimate of drug-likeness (QED) is 0.0421. The van der Waals surface area contributed by atoms with Gasteiger partial charge in [0.1, 0.15) is 47.6 Å². The molecule has 1 aliphatic heterocycles. The molecule has 6 aromatic rings. The lowest BCUT2D eigenvalue weighted by Crippen LogP contribution is -2.38. The molecule has 7 rings (SSSR count). The van der Waals surface area contributed by atoms with Crippen LogP contribution in [0.4, 0.5) is 5.82 Å². The monoisotopic (exact) mass is 873 g/mol. The average molecular weight is 874 g/mol. The number of carbonyl (C=O) groups excluding carboxylic acids is 1. The van der Waals surface area contributed by atoms with Crippen LogP contribution in [0, 0.1) is 22.7 Å². The predicted octanol–water partition coefficient (Wildman–Crippen LogP) is 7.51. The van der Waals surface area contributed by atoms with Crippen LogP contribution in [0.25, 0.3) is 11.2 Å². The summed E-state index contributed by atoms with van der Waals surface area (Å²) in [6.07, 6.45) is -0.139. The van der Waals surface area contributed by atoms with Gasteiger partial charge in [0, 0.05) is 6.42 Å². The number of hydrogen-bond acceptors (Lipinski definition) is 15. The summed E-state index contributed by atoms with van der Waals surface area (Å²) in [5.41, 5.74) is 1.66. The number of nitrogens with zero attached hydrogens (tertiary/aromatic N) is 6. The molecule has 63 heavy (non-hydrogen) atoms. The standard InChI is InChI=1S/C45H44N7O10P/c1-55-35-19-15-33(16-20-35)45(32-11-5-3-6-12-32,34-17-21-36(56-2)22-18-34)58-28-39-38(62-63(54,59-25-9-23-46)60-26-10-24-47)27-41(61-39)52-31-50-42-43(48-30-49-44(42)52)51-40(53)29-57-37-13-7-4-8-14-37/h3-8,11-22,30-31,38-39,41H,9-10,25-29H2,1-2H3,(H,48,49,51,53)/t38?,39-,41-/m1/s1. The summed E-state index contributed by atoms with van der Waals surface area (Å²) in [6, 6.07) is 37.6. The van der Waals surface area contributed by atoms with Gasteiger partial charge in [0.05, 0.1) is 65.3 Å². The highest BCUT2D eigenvalue weighted by atomic mass is 31.2. The van der Waals surface area contributed by atoms with Crippen molar-refractivity contribution in [1.29, 1.82) is 10.5 Å². The molecule has 0 aliphatic carbocycles. The summed E-state index contributed by atoms with van der Waals surface area (Å²) < 4.78 is 63.9. The number of carbonyl (C=O) groups is 1.